The Morgan fingerprint density at radius 3 is 2.38 bits per heavy atom. The molecule has 0 fully saturated rings. The number of hydrogen-bond donors (Lipinski definition) is 5. The number of aliphatic hydroxyl groups is 1. The minimum absolute atomic E-state index is 0.101. The Hall–Kier alpha value is -1.34. The van der Waals surface area contributed by atoms with Crippen molar-refractivity contribution in [3.8, 4) is 0 Å². The zero-order chi connectivity index (χ0) is 10.4. The van der Waals surface area contributed by atoms with Gasteiger partial charge in [-0.25, -0.2) is 0 Å². The topological polar surface area (TPSA) is 148 Å². The van der Waals surface area contributed by atoms with E-state index in [1.807, 2.05) is 0 Å². The van der Waals surface area contributed by atoms with Crippen molar-refractivity contribution in [3.05, 3.63) is 0 Å². The van der Waals surface area contributed by atoms with E-state index < -0.39 is 18.1 Å². The van der Waals surface area contributed by atoms with E-state index in [0.29, 0.717) is 0 Å². The van der Waals surface area contributed by atoms with Gasteiger partial charge in [-0.2, -0.15) is 0 Å². The molecular formula is C6H14N4O3. The van der Waals surface area contributed by atoms with E-state index in [0.717, 1.165) is 0 Å². The Kier molecular flexibility index (Phi) is 4.78. The number of aliphatic hydroxyl groups excluding tert-OH is 1. The number of guanidine groups is 1. The largest absolute Gasteiger partial charge is 0.480 e. The first-order chi connectivity index (χ1) is 5.95. The average Bonchev–Trinajstić information content (AvgIpc) is 2.02. The molecule has 0 amide bonds. The molecule has 7 nitrogen and oxygen atoms in total. The molecule has 0 radical (unpaired) electrons. The zero-order valence-corrected chi connectivity index (χ0v) is 7.05. The standard InChI is InChI=1S/C6H14N4O3/c7-4(5(12)13)3(11)1-2-10-6(8)9/h3-4,11H,1-2,7H2,(H,12,13)(H4,8,9,10)/t3-,4+/m1/s1. The number of aliphatic carboxylic acids is 1. The maximum atomic E-state index is 10.3. The first-order valence-corrected chi connectivity index (χ1v) is 3.67. The lowest BCUT2D eigenvalue weighted by Crippen LogP contribution is -2.42. The quantitative estimate of drug-likeness (QED) is 0.237. The number of carboxylic acid groups (broad SMARTS) is 1. The highest BCUT2D eigenvalue weighted by atomic mass is 16.4. The second-order valence-electron chi connectivity index (χ2n) is 2.53. The van der Waals surface area contributed by atoms with Crippen LogP contribution in [0.3, 0.4) is 0 Å². The van der Waals surface area contributed by atoms with Gasteiger partial charge in [0.15, 0.2) is 5.96 Å². The number of carboxylic acids is 1. The molecule has 0 bridgehead atoms. The molecule has 0 aliphatic rings. The second-order valence-corrected chi connectivity index (χ2v) is 2.53. The highest BCUT2D eigenvalue weighted by Crippen LogP contribution is 1.97. The molecular weight excluding hydrogens is 176 g/mol. The molecule has 0 aromatic heterocycles. The van der Waals surface area contributed by atoms with Gasteiger partial charge < -0.3 is 27.4 Å². The summed E-state index contributed by atoms with van der Waals surface area (Å²) in [6.45, 7) is 0.157. The number of carbonyl (C=O) groups is 1. The van der Waals surface area contributed by atoms with Gasteiger partial charge in [0, 0.05) is 6.54 Å². The fourth-order valence-corrected chi connectivity index (χ4v) is 0.670. The summed E-state index contributed by atoms with van der Waals surface area (Å²) in [5.74, 6) is -1.35. The Bertz CT molecular complexity index is 202. The van der Waals surface area contributed by atoms with Crippen LogP contribution in [0.5, 0.6) is 0 Å². The summed E-state index contributed by atoms with van der Waals surface area (Å²) in [7, 11) is 0. The van der Waals surface area contributed by atoms with Gasteiger partial charge in [-0.05, 0) is 6.42 Å². The van der Waals surface area contributed by atoms with Crippen molar-refractivity contribution in [1.82, 2.24) is 0 Å². The minimum Gasteiger partial charge on any atom is -0.480 e. The molecule has 0 aliphatic heterocycles. The maximum absolute atomic E-state index is 10.3. The molecule has 7 heteroatoms. The first-order valence-electron chi connectivity index (χ1n) is 3.67. The van der Waals surface area contributed by atoms with Gasteiger partial charge in [-0.1, -0.05) is 0 Å². The molecule has 76 valence electrons. The number of aliphatic imine (C=N–C) groups is 1. The average molecular weight is 190 g/mol. The van der Waals surface area contributed by atoms with Crippen LogP contribution >= 0.6 is 0 Å². The van der Waals surface area contributed by atoms with Crippen molar-refractivity contribution in [2.45, 2.75) is 18.6 Å². The number of rotatable bonds is 5. The Morgan fingerprint density at radius 2 is 2.00 bits per heavy atom. The molecule has 13 heavy (non-hydrogen) atoms. The smallest absolute Gasteiger partial charge is 0.323 e. The molecule has 0 aromatic rings. The van der Waals surface area contributed by atoms with E-state index >= 15 is 0 Å². The van der Waals surface area contributed by atoms with E-state index in [1.54, 1.807) is 0 Å². The van der Waals surface area contributed by atoms with Crippen LogP contribution in [-0.4, -0.2) is 40.8 Å². The molecule has 8 N–H and O–H groups in total. The van der Waals surface area contributed by atoms with Crippen LogP contribution in [0.25, 0.3) is 0 Å². The van der Waals surface area contributed by atoms with Crippen LogP contribution in [0.2, 0.25) is 0 Å². The minimum atomic E-state index is -1.30. The Morgan fingerprint density at radius 1 is 1.46 bits per heavy atom. The Labute approximate surface area is 75.2 Å². The molecule has 0 heterocycles. The van der Waals surface area contributed by atoms with E-state index in [4.69, 9.17) is 27.4 Å². The van der Waals surface area contributed by atoms with E-state index in [2.05, 4.69) is 4.99 Å². The monoisotopic (exact) mass is 190 g/mol. The van der Waals surface area contributed by atoms with Crippen molar-refractivity contribution in [3.63, 3.8) is 0 Å². The zero-order valence-electron chi connectivity index (χ0n) is 7.05. The van der Waals surface area contributed by atoms with E-state index in [-0.39, 0.29) is 18.9 Å². The van der Waals surface area contributed by atoms with Crippen LogP contribution in [0.1, 0.15) is 6.42 Å². The van der Waals surface area contributed by atoms with Gasteiger partial charge in [-0.15, -0.1) is 0 Å². The molecule has 2 atom stereocenters. The van der Waals surface area contributed by atoms with Crippen LogP contribution in [-0.2, 0) is 4.79 Å². The summed E-state index contributed by atoms with van der Waals surface area (Å²) in [5.41, 5.74) is 15.1. The van der Waals surface area contributed by atoms with Crippen molar-refractivity contribution < 1.29 is 15.0 Å². The predicted octanol–water partition coefficient (Wildman–Crippen LogP) is -2.58. The normalized spacial score (nSPS) is 14.6. The molecule has 0 saturated carbocycles. The van der Waals surface area contributed by atoms with Gasteiger partial charge in [0.1, 0.15) is 6.04 Å². The summed E-state index contributed by atoms with van der Waals surface area (Å²) in [4.78, 5) is 13.8. The molecule has 0 aromatic carbocycles. The molecule has 0 aliphatic carbocycles. The van der Waals surface area contributed by atoms with E-state index in [1.165, 1.54) is 0 Å². The summed E-state index contributed by atoms with van der Waals surface area (Å²) in [6.07, 6.45) is -1.02. The fourth-order valence-electron chi connectivity index (χ4n) is 0.670. The lowest BCUT2D eigenvalue weighted by molar-refractivity contribution is -0.141. The van der Waals surface area contributed by atoms with Crippen molar-refractivity contribution >= 4 is 11.9 Å². The van der Waals surface area contributed by atoms with Crippen LogP contribution < -0.4 is 17.2 Å². The summed E-state index contributed by atoms with van der Waals surface area (Å²) in [5, 5.41) is 17.5. The van der Waals surface area contributed by atoms with Crippen LogP contribution in [0.4, 0.5) is 0 Å². The third-order valence-corrected chi connectivity index (χ3v) is 1.42. The van der Waals surface area contributed by atoms with Gasteiger partial charge in [0.2, 0.25) is 0 Å². The van der Waals surface area contributed by atoms with Crippen molar-refractivity contribution in [2.24, 2.45) is 22.2 Å². The summed E-state index contributed by atoms with van der Waals surface area (Å²) < 4.78 is 0. The number of nitrogens with zero attached hydrogens (tertiary/aromatic N) is 1. The lowest BCUT2D eigenvalue weighted by Gasteiger charge is -2.12. The van der Waals surface area contributed by atoms with Crippen molar-refractivity contribution in [2.75, 3.05) is 6.54 Å². The van der Waals surface area contributed by atoms with Crippen LogP contribution in [0.15, 0.2) is 4.99 Å². The van der Waals surface area contributed by atoms with Crippen LogP contribution in [0, 0.1) is 0 Å². The van der Waals surface area contributed by atoms with E-state index in [9.17, 15) is 4.79 Å². The van der Waals surface area contributed by atoms with Gasteiger partial charge in [0.25, 0.3) is 0 Å². The first kappa shape index (κ1) is 11.7. The third kappa shape index (κ3) is 4.99. The number of nitrogens with two attached hydrogens (primary N) is 3. The van der Waals surface area contributed by atoms with Gasteiger partial charge in [0.05, 0.1) is 6.10 Å². The predicted molar refractivity (Wildman–Crippen MR) is 46.9 cm³/mol. The van der Waals surface area contributed by atoms with Crippen molar-refractivity contribution in [1.29, 1.82) is 0 Å². The highest BCUT2D eigenvalue weighted by Gasteiger charge is 2.20. The third-order valence-electron chi connectivity index (χ3n) is 1.42. The molecule has 0 saturated heterocycles. The lowest BCUT2D eigenvalue weighted by atomic mass is 10.1. The highest BCUT2D eigenvalue weighted by molar-refractivity contribution is 5.75. The molecule has 0 unspecified atom stereocenters. The SMILES string of the molecule is NC(N)=NCC[C@@H](O)[C@H](N)C(=O)O. The second kappa shape index (κ2) is 5.33. The van der Waals surface area contributed by atoms with Gasteiger partial charge >= 0.3 is 5.97 Å². The molecule has 0 rings (SSSR count). The maximum Gasteiger partial charge on any atom is 0.323 e. The molecule has 0 spiro atoms. The fraction of sp³-hybridized carbons (Fsp3) is 0.667. The number of hydrogen-bond acceptors (Lipinski definition) is 4. The van der Waals surface area contributed by atoms with Gasteiger partial charge in [-0.3, -0.25) is 9.79 Å². The summed E-state index contributed by atoms with van der Waals surface area (Å²) >= 11 is 0. The summed E-state index contributed by atoms with van der Waals surface area (Å²) in [6, 6.07) is -1.30. The Balaban J connectivity index is 3.81.